The molecular formula is C61H50N3OPt-. The number of aromatic hydroxyl groups is 1. The number of imidazole rings is 1. The maximum atomic E-state index is 12.2. The molecule has 0 aliphatic carbocycles. The molecule has 2 heterocycles. The van der Waals surface area contributed by atoms with Gasteiger partial charge in [-0.05, 0) is 63.1 Å². The Hall–Kier alpha value is -7.13. The van der Waals surface area contributed by atoms with Crippen molar-refractivity contribution >= 4 is 11.0 Å². The third-order valence-corrected chi connectivity index (χ3v) is 12.8. The van der Waals surface area contributed by atoms with E-state index in [1.807, 2.05) is 60.8 Å². The van der Waals surface area contributed by atoms with Crippen LogP contribution in [0.2, 0.25) is 0 Å². The molecule has 1 N–H and O–H groups in total. The van der Waals surface area contributed by atoms with Crippen LogP contribution in [0.15, 0.2) is 206 Å². The Balaban J connectivity index is 0.00000548. The molecule has 0 saturated carbocycles. The molecule has 66 heavy (non-hydrogen) atoms. The number of pyridine rings is 1. The Morgan fingerprint density at radius 1 is 0.470 bits per heavy atom. The van der Waals surface area contributed by atoms with Crippen molar-refractivity contribution in [2.45, 2.75) is 45.4 Å². The van der Waals surface area contributed by atoms with Crippen LogP contribution in [-0.4, -0.2) is 19.6 Å². The van der Waals surface area contributed by atoms with Crippen LogP contribution in [0.1, 0.15) is 51.3 Å². The Labute approximate surface area is 402 Å². The number of aromatic nitrogens is 3. The number of hydrogen-bond acceptors (Lipinski definition) is 3. The predicted molar refractivity (Wildman–Crippen MR) is 269 cm³/mol. The molecule has 10 aromatic rings. The van der Waals surface area contributed by atoms with Crippen LogP contribution in [0.4, 0.5) is 0 Å². The fourth-order valence-electron chi connectivity index (χ4n) is 8.99. The number of rotatable bonds is 9. The molecule has 5 heteroatoms. The van der Waals surface area contributed by atoms with Gasteiger partial charge in [0.25, 0.3) is 0 Å². The maximum absolute atomic E-state index is 12.2. The van der Waals surface area contributed by atoms with Crippen molar-refractivity contribution in [1.82, 2.24) is 14.5 Å². The minimum absolute atomic E-state index is 0. The number of para-hydroxylation sites is 3. The molecule has 326 valence electrons. The van der Waals surface area contributed by atoms with Crippen molar-refractivity contribution < 1.29 is 26.2 Å². The first-order valence-corrected chi connectivity index (χ1v) is 22.3. The normalized spacial score (nSPS) is 11.7. The summed E-state index contributed by atoms with van der Waals surface area (Å²) in [6.45, 7) is 11.3. The van der Waals surface area contributed by atoms with E-state index in [0.29, 0.717) is 11.4 Å². The predicted octanol–water partition coefficient (Wildman–Crippen LogP) is 15.5. The van der Waals surface area contributed by atoms with Crippen molar-refractivity contribution in [3.63, 3.8) is 0 Å². The van der Waals surface area contributed by atoms with Crippen molar-refractivity contribution in [2.75, 3.05) is 0 Å². The zero-order valence-electron chi connectivity index (χ0n) is 37.7. The summed E-state index contributed by atoms with van der Waals surface area (Å²) in [5, 5.41) is 12.2. The average molecular weight is 1040 g/mol. The molecule has 0 bridgehead atoms. The third-order valence-electron chi connectivity index (χ3n) is 12.8. The fourth-order valence-corrected chi connectivity index (χ4v) is 8.99. The largest absolute Gasteiger partial charge is 0.507 e. The molecule has 0 fully saturated rings. The van der Waals surface area contributed by atoms with Gasteiger partial charge in [-0.25, -0.2) is 4.98 Å². The van der Waals surface area contributed by atoms with Gasteiger partial charge in [-0.3, -0.25) is 9.55 Å². The van der Waals surface area contributed by atoms with E-state index in [9.17, 15) is 5.11 Å². The van der Waals surface area contributed by atoms with Gasteiger partial charge >= 0.3 is 0 Å². The van der Waals surface area contributed by atoms with E-state index in [1.54, 1.807) is 0 Å². The molecule has 0 aliphatic rings. The quantitative estimate of drug-likeness (QED) is 0.147. The number of fused-ring (bicyclic) bond motifs is 1. The molecule has 8 aromatic carbocycles. The summed E-state index contributed by atoms with van der Waals surface area (Å²) in [5.41, 5.74) is 16.4. The summed E-state index contributed by atoms with van der Waals surface area (Å²) >= 11 is 0. The number of hydrogen-bond donors (Lipinski definition) is 1. The molecule has 0 unspecified atom stereocenters. The van der Waals surface area contributed by atoms with Gasteiger partial charge in [0.1, 0.15) is 11.6 Å². The monoisotopic (exact) mass is 1040 g/mol. The fraction of sp³-hybridized carbons (Fsp3) is 0.115. The minimum Gasteiger partial charge on any atom is -0.507 e. The number of phenolic OH excluding ortho intramolecular Hbond substituents is 1. The summed E-state index contributed by atoms with van der Waals surface area (Å²) in [6, 6.07) is 73.4. The van der Waals surface area contributed by atoms with Gasteiger partial charge in [0.2, 0.25) is 0 Å². The van der Waals surface area contributed by atoms with Crippen LogP contribution >= 0.6 is 0 Å². The van der Waals surface area contributed by atoms with Gasteiger partial charge < -0.3 is 5.11 Å². The van der Waals surface area contributed by atoms with Crippen LogP contribution in [0, 0.1) is 6.07 Å². The average Bonchev–Trinajstić information content (AvgIpc) is 3.74. The van der Waals surface area contributed by atoms with Crippen LogP contribution in [0.25, 0.3) is 83.9 Å². The first kappa shape index (κ1) is 44.1. The van der Waals surface area contributed by atoms with Gasteiger partial charge in [0, 0.05) is 49.5 Å². The Morgan fingerprint density at radius 2 is 1.03 bits per heavy atom. The van der Waals surface area contributed by atoms with Crippen LogP contribution in [0.5, 0.6) is 5.75 Å². The number of nitrogens with zero attached hydrogens (tertiary/aromatic N) is 3. The third kappa shape index (κ3) is 8.34. The first-order chi connectivity index (χ1) is 31.5. The molecule has 0 radical (unpaired) electrons. The van der Waals surface area contributed by atoms with E-state index in [0.717, 1.165) is 72.5 Å². The van der Waals surface area contributed by atoms with Crippen molar-refractivity contribution in [2.24, 2.45) is 0 Å². The number of benzene rings is 8. The van der Waals surface area contributed by atoms with Gasteiger partial charge in [0.15, 0.2) is 0 Å². The minimum atomic E-state index is -0.172. The van der Waals surface area contributed by atoms with Crippen LogP contribution in [0.3, 0.4) is 0 Å². The van der Waals surface area contributed by atoms with Crippen molar-refractivity contribution in [3.05, 3.63) is 229 Å². The van der Waals surface area contributed by atoms with Gasteiger partial charge in [-0.2, -0.15) is 0 Å². The molecule has 4 nitrogen and oxygen atoms in total. The second kappa shape index (κ2) is 18.0. The van der Waals surface area contributed by atoms with E-state index in [1.165, 1.54) is 16.7 Å². The van der Waals surface area contributed by atoms with Crippen molar-refractivity contribution in [3.8, 4) is 78.6 Å². The van der Waals surface area contributed by atoms with E-state index < -0.39 is 0 Å². The van der Waals surface area contributed by atoms with E-state index >= 15 is 0 Å². The molecule has 10 rings (SSSR count). The Bertz CT molecular complexity index is 3310. The molecule has 0 atom stereocenters. The van der Waals surface area contributed by atoms with Gasteiger partial charge in [-0.1, -0.05) is 210 Å². The van der Waals surface area contributed by atoms with Crippen LogP contribution < -0.4 is 0 Å². The summed E-state index contributed by atoms with van der Waals surface area (Å²) in [5.74, 6) is 0.823. The summed E-state index contributed by atoms with van der Waals surface area (Å²) in [4.78, 5) is 10.5. The molecule has 0 aliphatic heterocycles. The van der Waals surface area contributed by atoms with E-state index in [2.05, 4.69) is 191 Å². The second-order valence-electron chi connectivity index (χ2n) is 18.3. The zero-order chi connectivity index (χ0) is 44.7. The Morgan fingerprint density at radius 3 is 1.73 bits per heavy atom. The van der Waals surface area contributed by atoms with Crippen molar-refractivity contribution in [1.29, 1.82) is 0 Å². The first-order valence-electron chi connectivity index (χ1n) is 22.3. The van der Waals surface area contributed by atoms with E-state index in [-0.39, 0.29) is 37.6 Å². The summed E-state index contributed by atoms with van der Waals surface area (Å²) in [6.07, 6.45) is 1.90. The maximum Gasteiger partial charge on any atom is 0.148 e. The topological polar surface area (TPSA) is 50.9 Å². The molecule has 0 spiro atoms. The smallest absolute Gasteiger partial charge is 0.148 e. The Kier molecular flexibility index (Phi) is 12.0. The van der Waals surface area contributed by atoms with E-state index in [4.69, 9.17) is 9.97 Å². The zero-order valence-corrected chi connectivity index (χ0v) is 40.0. The second-order valence-corrected chi connectivity index (χ2v) is 18.3. The van der Waals surface area contributed by atoms with Crippen LogP contribution in [-0.2, 0) is 31.9 Å². The summed E-state index contributed by atoms with van der Waals surface area (Å²) < 4.78 is 2.21. The van der Waals surface area contributed by atoms with Gasteiger partial charge in [-0.15, -0.1) is 29.3 Å². The SMILES string of the molecule is CC(C)(C)c1cc(-c2cc(-c3ccc(C(C)(C)c4ccccc4)cc3)ccn2)[c-]c(-c2cccc3c2nc(-c2cccc(-c4ccccc4)c2O)n3-c2ccccc2-c2ccccc2)c1.[Pt]. The van der Waals surface area contributed by atoms with Gasteiger partial charge in [0.05, 0.1) is 22.3 Å². The summed E-state index contributed by atoms with van der Waals surface area (Å²) in [7, 11) is 0. The standard InChI is InChI=1S/C61H50N3O.Pt/c1-60(2,3)49-38-45(37-46(39-49)54-40-44(35-36-62-54)41-31-33-48(34-32-41)61(4,5)47-23-13-8-14-24-47)51-26-18-30-56-57(51)63-59(53-28-17-27-52(58(53)65)43-21-11-7-12-22-43)64(56)55-29-16-15-25-50(55)42-19-9-6-10-20-42;/h6-36,38-40,65H,1-5H3;/q-1;. The molecule has 0 amide bonds. The number of phenols is 1. The molecular weight excluding hydrogens is 986 g/mol. The molecule has 0 saturated heterocycles. The molecule has 2 aromatic heterocycles.